The van der Waals surface area contributed by atoms with E-state index in [0.29, 0.717) is 24.2 Å². The summed E-state index contributed by atoms with van der Waals surface area (Å²) in [6.07, 6.45) is 0. The number of hydrazine groups is 1. The zero-order valence-corrected chi connectivity index (χ0v) is 12.4. The maximum absolute atomic E-state index is 13.8. The van der Waals surface area contributed by atoms with Crippen LogP contribution in [0.4, 0.5) is 4.39 Å². The molecule has 2 amide bonds. The standard InChI is InChI=1S/C14H21FN4O2/c1-9(13(20)17-2)7-19(3)8-11-6-10(14(21)18-16)4-5-12(11)15/h4-6,9H,7-8,16H2,1-3H3,(H,17,20)(H,18,21). The van der Waals surface area contributed by atoms with E-state index < -0.39 is 11.7 Å². The Labute approximate surface area is 123 Å². The summed E-state index contributed by atoms with van der Waals surface area (Å²) in [5.74, 6) is 3.91. The quantitative estimate of drug-likeness (QED) is 0.399. The number of carbonyl (C=O) groups is 2. The van der Waals surface area contributed by atoms with Crippen LogP contribution in [0.25, 0.3) is 0 Å². The van der Waals surface area contributed by atoms with Gasteiger partial charge >= 0.3 is 0 Å². The van der Waals surface area contributed by atoms with E-state index in [1.54, 1.807) is 21.0 Å². The summed E-state index contributed by atoms with van der Waals surface area (Å²) in [7, 11) is 3.36. The number of nitrogens with two attached hydrogens (primary N) is 1. The number of nitrogens with one attached hydrogen (secondary N) is 2. The highest BCUT2D eigenvalue weighted by molar-refractivity contribution is 5.93. The van der Waals surface area contributed by atoms with Gasteiger partial charge in [-0.3, -0.25) is 15.0 Å². The average molecular weight is 296 g/mol. The van der Waals surface area contributed by atoms with Crippen molar-refractivity contribution in [2.75, 3.05) is 20.6 Å². The van der Waals surface area contributed by atoms with Crippen LogP contribution in [-0.4, -0.2) is 37.4 Å². The van der Waals surface area contributed by atoms with Gasteiger partial charge in [0.05, 0.1) is 0 Å². The highest BCUT2D eigenvalue weighted by Gasteiger charge is 2.15. The van der Waals surface area contributed by atoms with Gasteiger partial charge in [-0.05, 0) is 25.2 Å². The van der Waals surface area contributed by atoms with Gasteiger partial charge in [-0.2, -0.15) is 0 Å². The summed E-state index contributed by atoms with van der Waals surface area (Å²) >= 11 is 0. The van der Waals surface area contributed by atoms with Crippen molar-refractivity contribution in [3.8, 4) is 0 Å². The molecule has 0 spiro atoms. The molecule has 0 aliphatic rings. The Bertz CT molecular complexity index is 522. The van der Waals surface area contributed by atoms with Crippen molar-refractivity contribution in [1.82, 2.24) is 15.6 Å². The van der Waals surface area contributed by atoms with Crippen molar-refractivity contribution >= 4 is 11.8 Å². The van der Waals surface area contributed by atoms with Crippen molar-refractivity contribution in [1.29, 1.82) is 0 Å². The third kappa shape index (κ3) is 4.80. The smallest absolute Gasteiger partial charge is 0.265 e. The van der Waals surface area contributed by atoms with Crippen LogP contribution in [0.5, 0.6) is 0 Å². The Morgan fingerprint density at radius 1 is 1.43 bits per heavy atom. The van der Waals surface area contributed by atoms with Gasteiger partial charge < -0.3 is 10.2 Å². The Balaban J connectivity index is 2.77. The molecule has 0 aliphatic heterocycles. The molecular weight excluding hydrogens is 275 g/mol. The first kappa shape index (κ1) is 17.1. The van der Waals surface area contributed by atoms with E-state index >= 15 is 0 Å². The predicted molar refractivity (Wildman–Crippen MR) is 77.6 cm³/mol. The summed E-state index contributed by atoms with van der Waals surface area (Å²) in [6.45, 7) is 2.56. The fourth-order valence-corrected chi connectivity index (χ4v) is 2.07. The maximum atomic E-state index is 13.8. The minimum Gasteiger partial charge on any atom is -0.359 e. The second kappa shape index (κ2) is 7.70. The maximum Gasteiger partial charge on any atom is 0.265 e. The van der Waals surface area contributed by atoms with E-state index in [4.69, 9.17) is 5.84 Å². The van der Waals surface area contributed by atoms with Gasteiger partial charge in [0, 0.05) is 37.2 Å². The van der Waals surface area contributed by atoms with Crippen LogP contribution in [0.2, 0.25) is 0 Å². The Kier molecular flexibility index (Phi) is 6.26. The number of hydrogen-bond acceptors (Lipinski definition) is 4. The summed E-state index contributed by atoms with van der Waals surface area (Å²) in [4.78, 5) is 24.7. The summed E-state index contributed by atoms with van der Waals surface area (Å²) in [5.41, 5.74) is 2.68. The Hall–Kier alpha value is -1.99. The van der Waals surface area contributed by atoms with Crippen molar-refractivity contribution in [2.45, 2.75) is 13.5 Å². The minimum atomic E-state index is -0.474. The van der Waals surface area contributed by atoms with Crippen molar-refractivity contribution in [2.24, 2.45) is 11.8 Å². The normalized spacial score (nSPS) is 12.1. The molecule has 0 heterocycles. The lowest BCUT2D eigenvalue weighted by Gasteiger charge is -2.21. The Morgan fingerprint density at radius 3 is 2.67 bits per heavy atom. The lowest BCUT2D eigenvalue weighted by molar-refractivity contribution is -0.124. The van der Waals surface area contributed by atoms with Crippen LogP contribution in [0.1, 0.15) is 22.8 Å². The molecule has 1 rings (SSSR count). The topological polar surface area (TPSA) is 87.5 Å². The molecule has 0 radical (unpaired) electrons. The first-order chi connectivity index (χ1) is 9.88. The lowest BCUT2D eigenvalue weighted by Crippen LogP contribution is -2.34. The van der Waals surface area contributed by atoms with E-state index in [0.717, 1.165) is 0 Å². The van der Waals surface area contributed by atoms with E-state index in [1.165, 1.54) is 18.2 Å². The lowest BCUT2D eigenvalue weighted by atomic mass is 10.1. The predicted octanol–water partition coefficient (Wildman–Crippen LogP) is 0.243. The number of rotatable bonds is 6. The first-order valence-electron chi connectivity index (χ1n) is 6.58. The largest absolute Gasteiger partial charge is 0.359 e. The molecule has 0 saturated carbocycles. The van der Waals surface area contributed by atoms with Crippen molar-refractivity contribution in [3.05, 3.63) is 35.1 Å². The average Bonchev–Trinajstić information content (AvgIpc) is 2.47. The van der Waals surface area contributed by atoms with Crippen LogP contribution in [0, 0.1) is 11.7 Å². The van der Waals surface area contributed by atoms with Gasteiger partial charge in [-0.25, -0.2) is 10.2 Å². The van der Waals surface area contributed by atoms with Gasteiger partial charge in [0.1, 0.15) is 5.82 Å². The number of halogens is 1. The summed E-state index contributed by atoms with van der Waals surface area (Å²) < 4.78 is 13.8. The highest BCUT2D eigenvalue weighted by Crippen LogP contribution is 2.13. The molecule has 21 heavy (non-hydrogen) atoms. The van der Waals surface area contributed by atoms with Crippen LogP contribution in [0.15, 0.2) is 18.2 Å². The number of nitrogens with zero attached hydrogens (tertiary/aromatic N) is 1. The zero-order chi connectivity index (χ0) is 16.0. The molecule has 7 heteroatoms. The fraction of sp³-hybridized carbons (Fsp3) is 0.429. The van der Waals surface area contributed by atoms with Gasteiger partial charge in [0.2, 0.25) is 5.91 Å². The number of nitrogen functional groups attached to an aromatic ring is 1. The number of hydrogen-bond donors (Lipinski definition) is 3. The van der Waals surface area contributed by atoms with Gasteiger partial charge in [0.25, 0.3) is 5.91 Å². The molecule has 1 unspecified atom stereocenters. The second-order valence-corrected chi connectivity index (χ2v) is 4.99. The van der Waals surface area contributed by atoms with Crippen molar-refractivity contribution in [3.63, 3.8) is 0 Å². The molecular formula is C14H21FN4O2. The molecule has 0 aliphatic carbocycles. The zero-order valence-electron chi connectivity index (χ0n) is 12.4. The van der Waals surface area contributed by atoms with Crippen LogP contribution < -0.4 is 16.6 Å². The third-order valence-electron chi connectivity index (χ3n) is 3.16. The van der Waals surface area contributed by atoms with Gasteiger partial charge in [-0.1, -0.05) is 6.92 Å². The first-order valence-corrected chi connectivity index (χ1v) is 6.58. The second-order valence-electron chi connectivity index (χ2n) is 4.99. The van der Waals surface area contributed by atoms with Crippen LogP contribution in [-0.2, 0) is 11.3 Å². The van der Waals surface area contributed by atoms with E-state index in [9.17, 15) is 14.0 Å². The number of benzene rings is 1. The molecule has 0 fully saturated rings. The van der Waals surface area contributed by atoms with E-state index in [-0.39, 0.29) is 11.8 Å². The molecule has 1 aromatic rings. The molecule has 0 bridgehead atoms. The molecule has 0 aromatic heterocycles. The highest BCUT2D eigenvalue weighted by atomic mass is 19.1. The Morgan fingerprint density at radius 2 is 2.10 bits per heavy atom. The molecule has 1 aromatic carbocycles. The van der Waals surface area contributed by atoms with Gasteiger partial charge in [-0.15, -0.1) is 0 Å². The van der Waals surface area contributed by atoms with Crippen LogP contribution in [0.3, 0.4) is 0 Å². The molecule has 1 atom stereocenters. The SMILES string of the molecule is CNC(=O)C(C)CN(C)Cc1cc(C(=O)NN)ccc1F. The van der Waals surface area contributed by atoms with Gasteiger partial charge in [0.15, 0.2) is 0 Å². The van der Waals surface area contributed by atoms with Crippen LogP contribution >= 0.6 is 0 Å². The van der Waals surface area contributed by atoms with Crippen molar-refractivity contribution < 1.29 is 14.0 Å². The van der Waals surface area contributed by atoms with E-state index in [2.05, 4.69) is 5.32 Å². The molecule has 116 valence electrons. The number of amides is 2. The summed E-state index contributed by atoms with van der Waals surface area (Å²) in [6, 6.07) is 4.06. The summed E-state index contributed by atoms with van der Waals surface area (Å²) in [5, 5.41) is 2.57. The third-order valence-corrected chi connectivity index (χ3v) is 3.16. The number of carbonyl (C=O) groups excluding carboxylic acids is 2. The van der Waals surface area contributed by atoms with E-state index in [1.807, 2.05) is 10.3 Å². The molecule has 0 saturated heterocycles. The minimum absolute atomic E-state index is 0.0708. The molecule has 4 N–H and O–H groups in total. The molecule has 6 nitrogen and oxygen atoms in total. The fourth-order valence-electron chi connectivity index (χ4n) is 2.07. The monoisotopic (exact) mass is 296 g/mol.